The van der Waals surface area contributed by atoms with Crippen molar-refractivity contribution >= 4 is 0 Å². The number of likely N-dealkylation sites (tertiary alicyclic amines) is 1. The summed E-state index contributed by atoms with van der Waals surface area (Å²) in [5, 5.41) is 3.47. The summed E-state index contributed by atoms with van der Waals surface area (Å²) in [4.78, 5) is 2.59. The summed E-state index contributed by atoms with van der Waals surface area (Å²) >= 11 is 0. The molecule has 106 valence electrons. The van der Waals surface area contributed by atoms with Crippen LogP contribution in [0.1, 0.15) is 44.4 Å². The summed E-state index contributed by atoms with van der Waals surface area (Å²) in [6.45, 7) is 10.5. The van der Waals surface area contributed by atoms with Gasteiger partial charge >= 0.3 is 0 Å². The fourth-order valence-electron chi connectivity index (χ4n) is 2.99. The molecule has 1 saturated heterocycles. The van der Waals surface area contributed by atoms with Gasteiger partial charge in [0, 0.05) is 19.1 Å². The van der Waals surface area contributed by atoms with Crippen molar-refractivity contribution in [1.82, 2.24) is 10.2 Å². The number of aryl methyl sites for hydroxylation is 1. The maximum absolute atomic E-state index is 3.47. The second-order valence-corrected chi connectivity index (χ2v) is 6.59. The molecule has 1 unspecified atom stereocenters. The smallest absolute Gasteiger partial charge is 0.0446 e. The summed E-state index contributed by atoms with van der Waals surface area (Å²) in [5.74, 6) is 0. The van der Waals surface area contributed by atoms with Crippen LogP contribution in [-0.4, -0.2) is 31.6 Å². The lowest BCUT2D eigenvalue weighted by atomic mass is 9.93. The Morgan fingerprint density at radius 1 is 1.26 bits per heavy atom. The molecule has 1 heterocycles. The largest absolute Gasteiger partial charge is 0.312 e. The standard InChI is InChI=1S/C17H28N2/c1-5-14-6-8-15(9-7-14)16(18-4)12-19-11-10-17(2,3)13-19/h6-9,16,18H,5,10-13H2,1-4H3. The van der Waals surface area contributed by atoms with Crippen molar-refractivity contribution in [3.63, 3.8) is 0 Å². The van der Waals surface area contributed by atoms with E-state index in [1.807, 2.05) is 0 Å². The van der Waals surface area contributed by atoms with E-state index < -0.39 is 0 Å². The van der Waals surface area contributed by atoms with Gasteiger partial charge in [-0.3, -0.25) is 0 Å². The molecule has 0 aromatic heterocycles. The van der Waals surface area contributed by atoms with E-state index in [1.165, 1.54) is 30.6 Å². The molecule has 1 aromatic rings. The van der Waals surface area contributed by atoms with Crippen LogP contribution in [0.3, 0.4) is 0 Å². The van der Waals surface area contributed by atoms with Gasteiger partial charge in [0.25, 0.3) is 0 Å². The van der Waals surface area contributed by atoms with Crippen LogP contribution in [0.25, 0.3) is 0 Å². The van der Waals surface area contributed by atoms with Crippen molar-refractivity contribution < 1.29 is 0 Å². The third-order valence-electron chi connectivity index (χ3n) is 4.34. The van der Waals surface area contributed by atoms with E-state index in [-0.39, 0.29) is 0 Å². The van der Waals surface area contributed by atoms with Crippen molar-refractivity contribution in [2.24, 2.45) is 5.41 Å². The Morgan fingerprint density at radius 2 is 1.95 bits per heavy atom. The molecule has 1 aliphatic heterocycles. The number of hydrogen-bond donors (Lipinski definition) is 1. The summed E-state index contributed by atoms with van der Waals surface area (Å²) in [5.41, 5.74) is 3.31. The van der Waals surface area contributed by atoms with Gasteiger partial charge in [-0.05, 0) is 43.0 Å². The third-order valence-corrected chi connectivity index (χ3v) is 4.34. The average Bonchev–Trinajstić information content (AvgIpc) is 2.75. The fraction of sp³-hybridized carbons (Fsp3) is 0.647. The Bertz CT molecular complexity index is 394. The van der Waals surface area contributed by atoms with Gasteiger partial charge in [-0.15, -0.1) is 0 Å². The van der Waals surface area contributed by atoms with Gasteiger partial charge < -0.3 is 10.2 Å². The van der Waals surface area contributed by atoms with E-state index in [4.69, 9.17) is 0 Å². The minimum atomic E-state index is 0.444. The van der Waals surface area contributed by atoms with E-state index >= 15 is 0 Å². The van der Waals surface area contributed by atoms with Gasteiger partial charge in [-0.2, -0.15) is 0 Å². The molecule has 1 fully saturated rings. The van der Waals surface area contributed by atoms with Crippen LogP contribution in [-0.2, 0) is 6.42 Å². The molecule has 0 radical (unpaired) electrons. The molecule has 1 aromatic carbocycles. The molecule has 0 spiro atoms. The molecule has 2 rings (SSSR count). The second-order valence-electron chi connectivity index (χ2n) is 6.59. The van der Waals surface area contributed by atoms with Crippen LogP contribution >= 0.6 is 0 Å². The first kappa shape index (κ1) is 14.5. The highest BCUT2D eigenvalue weighted by Gasteiger charge is 2.30. The highest BCUT2D eigenvalue weighted by atomic mass is 15.2. The molecule has 0 amide bonds. The van der Waals surface area contributed by atoms with Crippen molar-refractivity contribution in [2.45, 2.75) is 39.7 Å². The first-order valence-electron chi connectivity index (χ1n) is 7.52. The number of nitrogens with one attached hydrogen (secondary N) is 1. The zero-order valence-electron chi connectivity index (χ0n) is 12.9. The van der Waals surface area contributed by atoms with Crippen molar-refractivity contribution in [3.8, 4) is 0 Å². The highest BCUT2D eigenvalue weighted by Crippen LogP contribution is 2.30. The van der Waals surface area contributed by atoms with Crippen LogP contribution in [0.2, 0.25) is 0 Å². The lowest BCUT2D eigenvalue weighted by Crippen LogP contribution is -2.33. The molecule has 19 heavy (non-hydrogen) atoms. The maximum Gasteiger partial charge on any atom is 0.0446 e. The first-order chi connectivity index (χ1) is 9.04. The zero-order valence-corrected chi connectivity index (χ0v) is 12.9. The minimum Gasteiger partial charge on any atom is -0.312 e. The average molecular weight is 260 g/mol. The maximum atomic E-state index is 3.47. The van der Waals surface area contributed by atoms with Crippen LogP contribution in [0.4, 0.5) is 0 Å². The summed E-state index contributed by atoms with van der Waals surface area (Å²) in [6.07, 6.45) is 2.43. The molecule has 0 saturated carbocycles. The number of rotatable bonds is 5. The molecule has 1 aliphatic rings. The summed E-state index contributed by atoms with van der Waals surface area (Å²) in [7, 11) is 2.07. The molecular formula is C17H28N2. The van der Waals surface area contributed by atoms with Crippen LogP contribution in [0.5, 0.6) is 0 Å². The molecule has 1 N–H and O–H groups in total. The molecular weight excluding hydrogens is 232 g/mol. The van der Waals surface area contributed by atoms with Crippen LogP contribution in [0, 0.1) is 5.41 Å². The molecule has 0 bridgehead atoms. The fourth-order valence-corrected chi connectivity index (χ4v) is 2.99. The minimum absolute atomic E-state index is 0.444. The zero-order chi connectivity index (χ0) is 13.9. The lowest BCUT2D eigenvalue weighted by Gasteiger charge is -2.25. The van der Waals surface area contributed by atoms with Gasteiger partial charge in [0.1, 0.15) is 0 Å². The van der Waals surface area contributed by atoms with E-state index in [1.54, 1.807) is 0 Å². The summed E-state index contributed by atoms with van der Waals surface area (Å²) < 4.78 is 0. The molecule has 0 aliphatic carbocycles. The number of benzene rings is 1. The quantitative estimate of drug-likeness (QED) is 0.874. The van der Waals surface area contributed by atoms with Gasteiger partial charge in [-0.25, -0.2) is 0 Å². The van der Waals surface area contributed by atoms with E-state index in [0.29, 0.717) is 11.5 Å². The Hall–Kier alpha value is -0.860. The Balaban J connectivity index is 1.99. The Labute approximate surface area is 118 Å². The topological polar surface area (TPSA) is 15.3 Å². The second kappa shape index (κ2) is 6.06. The van der Waals surface area contributed by atoms with Crippen LogP contribution in [0.15, 0.2) is 24.3 Å². The summed E-state index contributed by atoms with van der Waals surface area (Å²) in [6, 6.07) is 9.52. The SMILES string of the molecule is CCc1ccc(C(CN2CCC(C)(C)C2)NC)cc1. The van der Waals surface area contributed by atoms with Gasteiger partial charge in [0.15, 0.2) is 0 Å². The van der Waals surface area contributed by atoms with E-state index in [2.05, 4.69) is 62.3 Å². The van der Waals surface area contributed by atoms with Crippen LogP contribution < -0.4 is 5.32 Å². The normalized spacial score (nSPS) is 20.6. The Kier molecular flexibility index (Phi) is 4.64. The van der Waals surface area contributed by atoms with Crippen molar-refractivity contribution in [1.29, 1.82) is 0 Å². The number of hydrogen-bond acceptors (Lipinski definition) is 2. The van der Waals surface area contributed by atoms with E-state index in [9.17, 15) is 0 Å². The lowest BCUT2D eigenvalue weighted by molar-refractivity contribution is 0.265. The number of nitrogens with zero attached hydrogens (tertiary/aromatic N) is 1. The monoisotopic (exact) mass is 260 g/mol. The first-order valence-corrected chi connectivity index (χ1v) is 7.52. The van der Waals surface area contributed by atoms with Gasteiger partial charge in [-0.1, -0.05) is 45.0 Å². The predicted octanol–water partition coefficient (Wildman–Crippen LogP) is 3.24. The molecule has 1 atom stereocenters. The Morgan fingerprint density at radius 3 is 2.42 bits per heavy atom. The predicted molar refractivity (Wildman–Crippen MR) is 82.5 cm³/mol. The van der Waals surface area contributed by atoms with Gasteiger partial charge in [0.05, 0.1) is 0 Å². The molecule has 2 heteroatoms. The van der Waals surface area contributed by atoms with Crippen molar-refractivity contribution in [2.75, 3.05) is 26.7 Å². The molecule has 2 nitrogen and oxygen atoms in total. The highest BCUT2D eigenvalue weighted by molar-refractivity contribution is 5.25. The number of likely N-dealkylation sites (N-methyl/N-ethyl adjacent to an activating group) is 1. The van der Waals surface area contributed by atoms with Crippen molar-refractivity contribution in [3.05, 3.63) is 35.4 Å². The van der Waals surface area contributed by atoms with E-state index in [0.717, 1.165) is 13.0 Å². The third kappa shape index (κ3) is 3.80. The van der Waals surface area contributed by atoms with Gasteiger partial charge in [0.2, 0.25) is 0 Å².